The van der Waals surface area contributed by atoms with E-state index in [4.69, 9.17) is 70.1 Å². The number of aromatic nitrogens is 4. The highest BCUT2D eigenvalue weighted by Gasteiger charge is 2.26. The molecule has 0 aliphatic carbocycles. The number of likely N-dealkylation sites (N-methyl/N-ethyl adjacent to an activating group) is 2. The third kappa shape index (κ3) is 18.2. The molecule has 2 aliphatic heterocycles. The Morgan fingerprint density at radius 2 is 0.977 bits per heavy atom. The van der Waals surface area contributed by atoms with Gasteiger partial charge in [0.15, 0.2) is 0 Å². The summed E-state index contributed by atoms with van der Waals surface area (Å²) in [6, 6.07) is 19.1. The molecule has 2 saturated heterocycles. The first kappa shape index (κ1) is 68.5. The molecular weight excluding hydrogens is 1190 g/mol. The predicted octanol–water partition coefficient (Wildman–Crippen LogP) is 11.3. The van der Waals surface area contributed by atoms with Crippen LogP contribution in [0.4, 0.5) is 23.0 Å². The topological polar surface area (TPSA) is 220 Å². The third-order valence-corrected chi connectivity index (χ3v) is 16.7. The first-order valence-electron chi connectivity index (χ1n) is 28.1. The zero-order valence-electron chi connectivity index (χ0n) is 50.2. The normalized spacial score (nSPS) is 13.3. The molecule has 4 heterocycles. The molecule has 0 saturated carbocycles. The van der Waals surface area contributed by atoms with E-state index in [2.05, 4.69) is 79.1 Å². The number of ether oxygens (including phenoxy) is 4. The van der Waals surface area contributed by atoms with E-state index < -0.39 is 0 Å². The molecule has 2 aliphatic rings. The minimum atomic E-state index is -0.293. The first-order valence-corrected chi connectivity index (χ1v) is 29.6. The van der Waals surface area contributed by atoms with Crippen molar-refractivity contribution >= 4 is 99.3 Å². The highest BCUT2D eigenvalue weighted by Crippen LogP contribution is 2.43. The van der Waals surface area contributed by atoms with Gasteiger partial charge in [-0.25, -0.2) is 19.9 Å². The Morgan fingerprint density at radius 3 is 1.32 bits per heavy atom. The SMILES string of the molecule is C=CC(=O)Nc1cc(C2CCN(CC)CC2)ccc1Cc1cc(N(C)C(=O)Cc2c(Cl)c(OC)cc(OC)c2Cl)ncn1.C=CC(=O)Nc1cc(C2CCNCC2)ccc1Cc1cc(N(C)C(=O)Cc2c(Cl)c(OC)cc(OC)c2Cl)ncn1.CC=O. The number of carbonyl (C=O) groups is 5. The van der Waals surface area contributed by atoms with Crippen LogP contribution in [0.2, 0.25) is 20.1 Å². The van der Waals surface area contributed by atoms with Crippen molar-refractivity contribution in [2.24, 2.45) is 0 Å². The molecule has 2 fully saturated rings. The summed E-state index contributed by atoms with van der Waals surface area (Å²) in [6.45, 7) is 16.0. The van der Waals surface area contributed by atoms with E-state index in [1.807, 2.05) is 18.2 Å². The molecule has 0 bridgehead atoms. The van der Waals surface area contributed by atoms with Crippen molar-refractivity contribution in [2.75, 3.05) is 95.7 Å². The maximum absolute atomic E-state index is 13.3. The average Bonchev–Trinajstić information content (AvgIpc) is 2.00. The van der Waals surface area contributed by atoms with Gasteiger partial charge in [0.1, 0.15) is 53.6 Å². The van der Waals surface area contributed by atoms with Gasteiger partial charge in [0.05, 0.1) is 72.8 Å². The maximum Gasteiger partial charge on any atom is 0.247 e. The van der Waals surface area contributed by atoms with Crippen molar-refractivity contribution in [3.63, 3.8) is 0 Å². The number of amides is 4. The Labute approximate surface area is 528 Å². The Morgan fingerprint density at radius 1 is 0.609 bits per heavy atom. The van der Waals surface area contributed by atoms with Gasteiger partial charge in [-0.3, -0.25) is 29.0 Å². The number of halogens is 4. The van der Waals surface area contributed by atoms with Crippen LogP contribution in [-0.4, -0.2) is 130 Å². The zero-order valence-corrected chi connectivity index (χ0v) is 53.3. The highest BCUT2D eigenvalue weighted by molar-refractivity contribution is 6.39. The second kappa shape index (κ2) is 33.5. The second-order valence-electron chi connectivity index (χ2n) is 20.3. The van der Waals surface area contributed by atoms with Gasteiger partial charge in [-0.1, -0.05) is 90.8 Å². The Bertz CT molecular complexity index is 3370. The lowest BCUT2D eigenvalue weighted by Crippen LogP contribution is -2.32. The van der Waals surface area contributed by atoms with Crippen LogP contribution >= 0.6 is 46.4 Å². The standard InChI is InChI=1S/C32H37Cl2N5O4.C30H33Cl2N5O4.C2H4O/c1-6-29(40)37-25-15-21(20-10-12-39(7-2)13-11-20)8-9-22(25)14-23-16-28(36-19-35-23)38(3)30(41)17-24-31(33)26(42-4)18-27(43-5)32(24)34;1-5-27(38)36-23-13-19(18-8-10-33-11-9-18)6-7-20(23)12-21-14-26(35-17-34-21)37(2)28(39)15-22-29(31)24(40-3)16-25(41-4)30(22)32;1-2-3/h6,8-9,15-16,18-20H,1,7,10-14,17H2,2-5H3,(H,37,40);5-7,13-14,16-18,33H,1,8-12,15H2,2-4H3,(H,36,38);2H,1H3. The van der Waals surface area contributed by atoms with Crippen molar-refractivity contribution in [3.8, 4) is 23.0 Å². The van der Waals surface area contributed by atoms with Gasteiger partial charge < -0.3 is 44.6 Å². The van der Waals surface area contributed by atoms with E-state index >= 15 is 0 Å². The van der Waals surface area contributed by atoms with Crippen LogP contribution in [-0.2, 0) is 49.7 Å². The summed E-state index contributed by atoms with van der Waals surface area (Å²) in [6.07, 6.45) is 11.0. The molecule has 0 atom stereocenters. The lowest BCUT2D eigenvalue weighted by atomic mass is 9.88. The summed E-state index contributed by atoms with van der Waals surface area (Å²) in [5.74, 6) is 1.96. The molecule has 3 N–H and O–H groups in total. The number of hydrogen-bond donors (Lipinski definition) is 3. The van der Waals surface area contributed by atoms with Crippen molar-refractivity contribution < 1.29 is 42.9 Å². The minimum absolute atomic E-state index is 0.0998. The summed E-state index contributed by atoms with van der Waals surface area (Å²) < 4.78 is 21.3. The first-order chi connectivity index (χ1) is 41.8. The Hall–Kier alpha value is -7.65. The summed E-state index contributed by atoms with van der Waals surface area (Å²) in [7, 11) is 9.16. The number of nitrogens with one attached hydrogen (secondary N) is 3. The summed E-state index contributed by atoms with van der Waals surface area (Å²) in [5, 5.41) is 10.3. The lowest BCUT2D eigenvalue weighted by Gasteiger charge is -2.31. The van der Waals surface area contributed by atoms with Crippen molar-refractivity contribution in [1.29, 1.82) is 0 Å². The second-order valence-corrected chi connectivity index (χ2v) is 21.8. The molecule has 0 radical (unpaired) electrons. The van der Waals surface area contributed by atoms with Crippen LogP contribution in [0.15, 0.2) is 98.6 Å². The fourth-order valence-electron chi connectivity index (χ4n) is 10.0. The number of nitrogens with zero attached hydrogens (tertiary/aromatic N) is 7. The van der Waals surface area contributed by atoms with Gasteiger partial charge in [0.25, 0.3) is 0 Å². The number of hydrogen-bond acceptors (Lipinski definition) is 15. The molecule has 87 heavy (non-hydrogen) atoms. The van der Waals surface area contributed by atoms with E-state index in [-0.39, 0.29) is 56.6 Å². The van der Waals surface area contributed by atoms with E-state index in [0.717, 1.165) is 81.5 Å². The molecular formula is C64H74Cl4N10O9. The van der Waals surface area contributed by atoms with Gasteiger partial charge in [0.2, 0.25) is 23.6 Å². The molecule has 0 spiro atoms. The molecule has 0 unspecified atom stereocenters. The van der Waals surface area contributed by atoms with Crippen LogP contribution in [0.5, 0.6) is 23.0 Å². The molecule has 8 rings (SSSR count). The number of methoxy groups -OCH3 is 4. The molecule has 4 aromatic carbocycles. The number of benzene rings is 4. The number of aldehydes is 1. The Balaban J connectivity index is 0.000000266. The van der Waals surface area contributed by atoms with Crippen molar-refractivity contribution in [1.82, 2.24) is 30.2 Å². The molecule has 462 valence electrons. The van der Waals surface area contributed by atoms with E-state index in [1.165, 1.54) is 81.1 Å². The van der Waals surface area contributed by atoms with E-state index in [0.29, 0.717) is 87.5 Å². The van der Waals surface area contributed by atoms with Crippen molar-refractivity contribution in [3.05, 3.63) is 163 Å². The number of anilines is 4. The van der Waals surface area contributed by atoms with E-state index in [1.54, 1.807) is 38.4 Å². The fourth-order valence-corrected chi connectivity index (χ4v) is 11.3. The summed E-state index contributed by atoms with van der Waals surface area (Å²) in [4.78, 5) is 82.8. The molecule has 6 aromatic rings. The summed E-state index contributed by atoms with van der Waals surface area (Å²) >= 11 is 25.9. The molecule has 4 amide bonds. The predicted molar refractivity (Wildman–Crippen MR) is 344 cm³/mol. The summed E-state index contributed by atoms with van der Waals surface area (Å²) in [5.41, 5.74) is 7.77. The maximum atomic E-state index is 13.3. The van der Waals surface area contributed by atoms with Crippen molar-refractivity contribution in [2.45, 2.75) is 77.0 Å². The number of rotatable bonds is 21. The van der Waals surface area contributed by atoms with Crippen LogP contribution in [0.1, 0.15) is 96.1 Å². The van der Waals surface area contributed by atoms with Crippen LogP contribution in [0, 0.1) is 0 Å². The van der Waals surface area contributed by atoms with Crippen LogP contribution in [0.25, 0.3) is 0 Å². The molecule has 19 nitrogen and oxygen atoms in total. The lowest BCUT2D eigenvalue weighted by molar-refractivity contribution is -0.118. The zero-order chi connectivity index (χ0) is 63.3. The highest BCUT2D eigenvalue weighted by atomic mass is 35.5. The largest absolute Gasteiger partial charge is 0.495 e. The minimum Gasteiger partial charge on any atom is -0.495 e. The fraction of sp³-hybridized carbons (Fsp3) is 0.359. The van der Waals surface area contributed by atoms with Gasteiger partial charge in [-0.2, -0.15) is 0 Å². The number of piperidine rings is 2. The number of carbonyl (C=O) groups excluding carboxylic acids is 5. The monoisotopic (exact) mass is 1270 g/mol. The Kier molecular flexibility index (Phi) is 26.3. The quantitative estimate of drug-likeness (QED) is 0.0451. The average molecular weight is 1270 g/mol. The van der Waals surface area contributed by atoms with Gasteiger partial charge in [0, 0.05) is 73.7 Å². The third-order valence-electron chi connectivity index (χ3n) is 15.1. The van der Waals surface area contributed by atoms with Gasteiger partial charge in [-0.05, 0) is 124 Å². The van der Waals surface area contributed by atoms with Crippen LogP contribution in [0.3, 0.4) is 0 Å². The van der Waals surface area contributed by atoms with Gasteiger partial charge >= 0.3 is 0 Å². The van der Waals surface area contributed by atoms with Crippen LogP contribution < -0.4 is 44.7 Å². The van der Waals surface area contributed by atoms with Gasteiger partial charge in [-0.15, -0.1) is 0 Å². The molecule has 23 heteroatoms. The smallest absolute Gasteiger partial charge is 0.247 e. The molecule has 2 aromatic heterocycles. The van der Waals surface area contributed by atoms with E-state index in [9.17, 15) is 19.2 Å². The number of likely N-dealkylation sites (tertiary alicyclic amines) is 1.